The number of nitrogens with zero attached hydrogens (tertiary/aromatic N) is 2. The van der Waals surface area contributed by atoms with E-state index >= 15 is 0 Å². The maximum absolute atomic E-state index is 12.1. The third-order valence-corrected chi connectivity index (χ3v) is 5.83. The molecule has 0 aliphatic rings. The highest BCUT2D eigenvalue weighted by Gasteiger charge is 2.25. The molecule has 0 aromatic carbocycles. The number of ether oxygens (including phenoxy) is 1. The van der Waals surface area contributed by atoms with Crippen LogP contribution >= 0.6 is 22.9 Å². The molecule has 0 saturated carbocycles. The topological polar surface area (TPSA) is 59.5 Å². The van der Waals surface area contributed by atoms with Gasteiger partial charge in [-0.3, -0.25) is 0 Å². The monoisotopic (exact) mass is 298 g/mol. The fourth-order valence-corrected chi connectivity index (χ4v) is 4.27. The lowest BCUT2D eigenvalue weighted by Crippen LogP contribution is -2.30. The van der Waals surface area contributed by atoms with E-state index < -0.39 is 10.0 Å². The molecule has 98 valence electrons. The lowest BCUT2D eigenvalue weighted by Gasteiger charge is -2.15. The highest BCUT2D eigenvalue weighted by molar-refractivity contribution is 7.91. The van der Waals surface area contributed by atoms with Gasteiger partial charge in [0.05, 0.1) is 12.3 Å². The molecule has 0 fully saturated rings. The first-order valence-corrected chi connectivity index (χ1v) is 7.70. The highest BCUT2D eigenvalue weighted by atomic mass is 35.5. The highest BCUT2D eigenvalue weighted by Crippen LogP contribution is 2.28. The number of aromatic nitrogens is 1. The summed E-state index contributed by atoms with van der Waals surface area (Å²) >= 11 is 6.68. The smallest absolute Gasteiger partial charge is 0.254 e. The largest absolute Gasteiger partial charge is 0.380 e. The Bertz CT molecular complexity index is 473. The van der Waals surface area contributed by atoms with Gasteiger partial charge in [-0.25, -0.2) is 13.4 Å². The molecule has 0 radical (unpaired) electrons. The minimum Gasteiger partial charge on any atom is -0.380 e. The second-order valence-corrected chi connectivity index (χ2v) is 7.18. The first-order valence-electron chi connectivity index (χ1n) is 5.06. The molecule has 1 rings (SSSR count). The Morgan fingerprint density at radius 2 is 2.18 bits per heavy atom. The van der Waals surface area contributed by atoms with Crippen LogP contribution in [0.5, 0.6) is 0 Å². The molecule has 17 heavy (non-hydrogen) atoms. The summed E-state index contributed by atoms with van der Waals surface area (Å²) in [6, 6.07) is 0. The predicted molar refractivity (Wildman–Crippen MR) is 68.2 cm³/mol. The summed E-state index contributed by atoms with van der Waals surface area (Å²) in [5, 5.41) is 0. The number of thiazole rings is 1. The van der Waals surface area contributed by atoms with Gasteiger partial charge in [-0.2, -0.15) is 4.31 Å². The van der Waals surface area contributed by atoms with Crippen LogP contribution in [0.4, 0.5) is 0 Å². The molecule has 0 bridgehead atoms. The van der Waals surface area contributed by atoms with Crippen LogP contribution in [-0.2, 0) is 14.8 Å². The fourth-order valence-electron chi connectivity index (χ4n) is 1.19. The Hall–Kier alpha value is -0.210. The van der Waals surface area contributed by atoms with Gasteiger partial charge in [-0.05, 0) is 13.8 Å². The Labute approximate surface area is 110 Å². The fraction of sp³-hybridized carbons (Fsp3) is 0.667. The molecule has 0 saturated heterocycles. The molecule has 0 N–H and O–H groups in total. The Morgan fingerprint density at radius 1 is 1.53 bits per heavy atom. The third kappa shape index (κ3) is 3.62. The summed E-state index contributed by atoms with van der Waals surface area (Å²) in [4.78, 5) is 3.90. The summed E-state index contributed by atoms with van der Waals surface area (Å²) in [5.41, 5.74) is 0.434. The molecule has 0 aliphatic carbocycles. The number of hydrogen-bond acceptors (Lipinski definition) is 5. The quantitative estimate of drug-likeness (QED) is 0.751. The van der Waals surface area contributed by atoms with E-state index in [1.165, 1.54) is 11.4 Å². The number of aryl methyl sites for hydroxylation is 1. The van der Waals surface area contributed by atoms with Crippen LogP contribution in [-0.4, -0.2) is 44.5 Å². The van der Waals surface area contributed by atoms with Crippen LogP contribution in [0.15, 0.2) is 4.21 Å². The molecule has 1 aromatic rings. The number of hydrogen-bond donors (Lipinski definition) is 0. The molecule has 0 aliphatic heterocycles. The predicted octanol–water partition coefficient (Wildman–Crippen LogP) is 1.76. The second-order valence-electron chi connectivity index (χ2n) is 3.36. The lowest BCUT2D eigenvalue weighted by atomic mass is 10.6. The summed E-state index contributed by atoms with van der Waals surface area (Å²) in [6.45, 7) is 4.75. The summed E-state index contributed by atoms with van der Waals surface area (Å²) in [5.74, 6) is 0. The first kappa shape index (κ1) is 14.8. The van der Waals surface area contributed by atoms with Gasteiger partial charge in [0.2, 0.25) is 0 Å². The minimum absolute atomic E-state index is 0.196. The van der Waals surface area contributed by atoms with E-state index in [2.05, 4.69) is 4.98 Å². The summed E-state index contributed by atoms with van der Waals surface area (Å²) < 4.78 is 31.1. The van der Waals surface area contributed by atoms with Crippen molar-refractivity contribution in [1.29, 1.82) is 0 Å². The number of rotatable bonds is 6. The average molecular weight is 299 g/mol. The zero-order valence-corrected chi connectivity index (χ0v) is 12.3. The minimum atomic E-state index is -3.50. The van der Waals surface area contributed by atoms with Crippen molar-refractivity contribution in [1.82, 2.24) is 9.29 Å². The van der Waals surface area contributed by atoms with Gasteiger partial charge in [0.25, 0.3) is 10.0 Å². The van der Waals surface area contributed by atoms with Crippen LogP contribution in [0.2, 0.25) is 4.47 Å². The molecule has 0 spiro atoms. The van der Waals surface area contributed by atoms with Gasteiger partial charge in [0.1, 0.15) is 0 Å². The van der Waals surface area contributed by atoms with Gasteiger partial charge < -0.3 is 4.74 Å². The summed E-state index contributed by atoms with van der Waals surface area (Å²) in [6.07, 6.45) is 0. The van der Waals surface area contributed by atoms with Crippen molar-refractivity contribution in [3.8, 4) is 0 Å². The number of halogens is 1. The second kappa shape index (κ2) is 6.10. The Balaban J connectivity index is 2.84. The van der Waals surface area contributed by atoms with E-state index in [0.29, 0.717) is 25.5 Å². The zero-order valence-electron chi connectivity index (χ0n) is 9.93. The molecule has 1 heterocycles. The molecular formula is C9H15ClN2O3S2. The van der Waals surface area contributed by atoms with E-state index in [1.54, 1.807) is 6.92 Å². The Morgan fingerprint density at radius 3 is 2.65 bits per heavy atom. The van der Waals surface area contributed by atoms with Crippen molar-refractivity contribution in [3.05, 3.63) is 10.2 Å². The van der Waals surface area contributed by atoms with Crippen LogP contribution in [0.25, 0.3) is 0 Å². The maximum Gasteiger partial charge on any atom is 0.254 e. The van der Waals surface area contributed by atoms with Crippen LogP contribution in [0.3, 0.4) is 0 Å². The van der Waals surface area contributed by atoms with Crippen LogP contribution in [0.1, 0.15) is 12.6 Å². The molecule has 0 amide bonds. The number of sulfonamides is 1. The molecule has 1 aromatic heterocycles. The van der Waals surface area contributed by atoms with Crippen LogP contribution < -0.4 is 0 Å². The SMILES string of the molecule is CCOCCN(C)S(=O)(=O)c1sc(Cl)nc1C. The van der Waals surface area contributed by atoms with Gasteiger partial charge in [-0.15, -0.1) is 0 Å². The van der Waals surface area contributed by atoms with Crippen molar-refractivity contribution >= 4 is 33.0 Å². The molecular weight excluding hydrogens is 284 g/mol. The average Bonchev–Trinajstić information content (AvgIpc) is 2.58. The van der Waals surface area contributed by atoms with Crippen molar-refractivity contribution in [2.24, 2.45) is 0 Å². The van der Waals surface area contributed by atoms with Crippen molar-refractivity contribution in [3.63, 3.8) is 0 Å². The van der Waals surface area contributed by atoms with Gasteiger partial charge >= 0.3 is 0 Å². The van der Waals surface area contributed by atoms with Gasteiger partial charge in [0, 0.05) is 20.2 Å². The molecule has 0 atom stereocenters. The van der Waals surface area contributed by atoms with Crippen molar-refractivity contribution in [2.75, 3.05) is 26.8 Å². The first-order chi connectivity index (χ1) is 7.89. The molecule has 5 nitrogen and oxygen atoms in total. The van der Waals surface area contributed by atoms with E-state index in [4.69, 9.17) is 16.3 Å². The van der Waals surface area contributed by atoms with E-state index in [0.717, 1.165) is 11.3 Å². The molecule has 0 unspecified atom stereocenters. The summed E-state index contributed by atoms with van der Waals surface area (Å²) in [7, 11) is -1.99. The van der Waals surface area contributed by atoms with E-state index in [-0.39, 0.29) is 8.68 Å². The van der Waals surface area contributed by atoms with E-state index in [9.17, 15) is 8.42 Å². The zero-order chi connectivity index (χ0) is 13.1. The third-order valence-electron chi connectivity index (χ3n) is 2.13. The Kier molecular flexibility index (Phi) is 5.33. The number of likely N-dealkylation sites (N-methyl/N-ethyl adjacent to an activating group) is 1. The van der Waals surface area contributed by atoms with Gasteiger partial charge in [-0.1, -0.05) is 22.9 Å². The standard InChI is InChI=1S/C9H15ClN2O3S2/c1-4-15-6-5-12(3)17(13,14)8-7(2)11-9(10)16-8/h4-6H2,1-3H3. The lowest BCUT2D eigenvalue weighted by molar-refractivity contribution is 0.138. The van der Waals surface area contributed by atoms with Crippen LogP contribution in [0, 0.1) is 6.92 Å². The van der Waals surface area contributed by atoms with E-state index in [1.807, 2.05) is 6.92 Å². The van der Waals surface area contributed by atoms with Crippen molar-refractivity contribution in [2.45, 2.75) is 18.1 Å². The normalized spacial score (nSPS) is 12.3. The van der Waals surface area contributed by atoms with Gasteiger partial charge in [0.15, 0.2) is 8.68 Å². The maximum atomic E-state index is 12.1. The van der Waals surface area contributed by atoms with Crippen molar-refractivity contribution < 1.29 is 13.2 Å². The molecule has 8 heteroatoms.